The minimum Gasteiger partial charge on any atom is -0.224 e. The number of hydrogen-bond acceptors (Lipinski definition) is 2. The molecule has 0 heterocycles. The van der Waals surface area contributed by atoms with E-state index in [1.165, 1.54) is 18.6 Å². The van der Waals surface area contributed by atoms with Crippen LogP contribution in [-0.4, -0.2) is 0 Å². The number of halogens is 2. The van der Waals surface area contributed by atoms with Crippen molar-refractivity contribution in [3.63, 3.8) is 0 Å². The van der Waals surface area contributed by atoms with Crippen LogP contribution in [0.3, 0.4) is 0 Å². The van der Waals surface area contributed by atoms with Crippen LogP contribution in [0.5, 0.6) is 0 Å². The van der Waals surface area contributed by atoms with Crippen molar-refractivity contribution >= 4 is 34.4 Å². The van der Waals surface area contributed by atoms with E-state index in [0.29, 0.717) is 0 Å². The second kappa shape index (κ2) is 2.31. The van der Waals surface area contributed by atoms with E-state index in [-0.39, 0.29) is 0 Å². The van der Waals surface area contributed by atoms with Crippen LogP contribution in [0.4, 0.5) is 0 Å². The van der Waals surface area contributed by atoms with E-state index in [1.54, 1.807) is 0 Å². The van der Waals surface area contributed by atoms with Gasteiger partial charge in [-0.3, -0.25) is 0 Å². The van der Waals surface area contributed by atoms with Crippen LogP contribution in [0, 0.1) is 0 Å². The highest BCUT2D eigenvalue weighted by molar-refractivity contribution is 15.1. The zero-order chi connectivity index (χ0) is 3.58. The van der Waals surface area contributed by atoms with E-state index in [9.17, 15) is 0 Å². The van der Waals surface area contributed by atoms with Crippen molar-refractivity contribution < 1.29 is 6.14 Å². The quantitative estimate of drug-likeness (QED) is 0.633. The van der Waals surface area contributed by atoms with Crippen molar-refractivity contribution in [1.82, 2.24) is 0 Å². The zero-order valence-electron chi connectivity index (χ0n) is 1.57. The maximum Gasteiger partial charge on any atom is 0.370 e. The van der Waals surface area contributed by atoms with Gasteiger partial charge in [0.25, 0.3) is 0 Å². The van der Waals surface area contributed by atoms with Gasteiger partial charge in [0.1, 0.15) is 0 Å². The molecule has 2 nitrogen and oxygen atoms in total. The Morgan fingerprint density at radius 3 is 1.50 bits per heavy atom. The minimum atomic E-state index is -2.79. The highest BCUT2D eigenvalue weighted by Gasteiger charge is 1.59. The molecule has 4 heteroatoms. The van der Waals surface area contributed by atoms with E-state index >= 15 is 0 Å². The van der Waals surface area contributed by atoms with Crippen molar-refractivity contribution in [2.24, 2.45) is 0 Å². The summed E-state index contributed by atoms with van der Waals surface area (Å²) in [5.74, 6) is 0. The molecule has 0 fully saturated rings. The van der Waals surface area contributed by atoms with Crippen LogP contribution in [-0.2, 0) is 6.14 Å². The van der Waals surface area contributed by atoms with Crippen molar-refractivity contribution in [2.45, 2.75) is 0 Å². The predicted octanol–water partition coefficient (Wildman–Crippen LogP) is 1.53. The van der Waals surface area contributed by atoms with Gasteiger partial charge in [-0.25, -0.2) is 6.14 Å². The second-order valence-corrected chi connectivity index (χ2v) is 5.67. The average Bonchev–Trinajstić information content (AvgIpc) is 0.811. The third-order valence-electron chi connectivity index (χ3n) is 0. The van der Waals surface area contributed by atoms with Crippen LogP contribution in [0.1, 0.15) is 0 Å². The van der Waals surface area contributed by atoms with Crippen LogP contribution in [0.25, 0.3) is 0 Å². The standard InChI is InChI=1S/I2O2/c1-2(3)4. The minimum absolute atomic E-state index is 1.39. The summed E-state index contributed by atoms with van der Waals surface area (Å²) in [6, 6.07) is 0. The van der Waals surface area contributed by atoms with Gasteiger partial charge in [0.05, 0.1) is 18.6 Å². The molecule has 0 aromatic rings. The molecule has 0 atom stereocenters. The highest BCUT2D eigenvalue weighted by atomic mass is 128. The summed E-state index contributed by atoms with van der Waals surface area (Å²) >= 11 is -1.40. The Labute approximate surface area is 40.3 Å². The predicted molar refractivity (Wildman–Crippen MR) is 29.4 cm³/mol. The van der Waals surface area contributed by atoms with E-state index < -0.39 is 15.8 Å². The maximum atomic E-state index is 9.12. The maximum absolute atomic E-state index is 9.12. The topological polar surface area (TPSA) is 34.1 Å². The van der Waals surface area contributed by atoms with Crippen molar-refractivity contribution in [2.75, 3.05) is 0 Å². The molecule has 26 valence electrons. The highest BCUT2D eigenvalue weighted by Crippen LogP contribution is 2.13. The molecule has 0 saturated heterocycles. The fraction of sp³-hybridized carbons (Fsp3) is 0. The Kier molecular flexibility index (Phi) is 2.92. The van der Waals surface area contributed by atoms with Crippen LogP contribution >= 0.6 is 34.4 Å². The first-order valence-electron chi connectivity index (χ1n) is 0.451. The summed E-state index contributed by atoms with van der Waals surface area (Å²) in [6.07, 6.45) is 0. The molecule has 0 unspecified atom stereocenters. The third-order valence-corrected chi connectivity index (χ3v) is 0. The van der Waals surface area contributed by atoms with Gasteiger partial charge in [-0.2, -0.15) is 0 Å². The Morgan fingerprint density at radius 2 is 1.50 bits per heavy atom. The molecule has 0 aliphatic heterocycles. The van der Waals surface area contributed by atoms with Gasteiger partial charge in [-0.05, 0) is 0 Å². The first-order chi connectivity index (χ1) is 1.73. The lowest BCUT2D eigenvalue weighted by atomic mass is 16.0. The van der Waals surface area contributed by atoms with E-state index in [1.807, 2.05) is 0 Å². The third kappa shape index (κ3) is 11.6. The Hall–Kier alpha value is 1.06. The first kappa shape index (κ1) is 5.06. The molecule has 0 amide bonds. The van der Waals surface area contributed by atoms with Crippen LogP contribution in [0.15, 0.2) is 0 Å². The van der Waals surface area contributed by atoms with Gasteiger partial charge in [0.15, 0.2) is 0 Å². The van der Waals surface area contributed by atoms with Gasteiger partial charge < -0.3 is 0 Å². The largest absolute Gasteiger partial charge is 0.370 e. The molecule has 0 bridgehead atoms. The van der Waals surface area contributed by atoms with E-state index in [4.69, 9.17) is 6.14 Å². The smallest absolute Gasteiger partial charge is 0.224 e. The first-order valence-corrected chi connectivity index (χ1v) is 8.50. The molecule has 0 aliphatic rings. The zero-order valence-corrected chi connectivity index (χ0v) is 5.89. The lowest BCUT2D eigenvalue weighted by molar-refractivity contribution is 0.613. The normalized spacial score (nSPS) is 8.50. The van der Waals surface area contributed by atoms with Crippen LogP contribution < -0.4 is 0 Å². The molecule has 0 rings (SSSR count). The monoisotopic (exact) mass is 286 g/mol. The Bertz CT molecular complexity index is 52.4. The Morgan fingerprint density at radius 1 is 1.50 bits per heavy atom. The average molecular weight is 286 g/mol. The fourth-order valence-corrected chi connectivity index (χ4v) is 0. The summed E-state index contributed by atoms with van der Waals surface area (Å²) < 4.78 is 18.2. The number of rotatable bonds is 0. The number of hydrogen-bond donors (Lipinski definition) is 0. The lowest BCUT2D eigenvalue weighted by Gasteiger charge is -1.29. The second-order valence-electron chi connectivity index (χ2n) is 0.180. The molecule has 0 aromatic carbocycles. The molecular formula is I2O2. The SMILES string of the molecule is O=I(=O)I. The van der Waals surface area contributed by atoms with E-state index in [0.717, 1.165) is 0 Å². The summed E-state index contributed by atoms with van der Waals surface area (Å²) in [5.41, 5.74) is 0. The van der Waals surface area contributed by atoms with Gasteiger partial charge >= 0.3 is 15.8 Å². The van der Waals surface area contributed by atoms with Gasteiger partial charge in [-0.1, -0.05) is 0 Å². The summed E-state index contributed by atoms with van der Waals surface area (Å²) in [5, 5.41) is 0. The molecule has 0 saturated carbocycles. The van der Waals surface area contributed by atoms with Crippen molar-refractivity contribution in [3.05, 3.63) is 0 Å². The van der Waals surface area contributed by atoms with Crippen LogP contribution in [0.2, 0.25) is 0 Å². The van der Waals surface area contributed by atoms with Gasteiger partial charge in [-0.15, -0.1) is 0 Å². The van der Waals surface area contributed by atoms with E-state index in [2.05, 4.69) is 0 Å². The Balaban J connectivity index is 3.51. The summed E-state index contributed by atoms with van der Waals surface area (Å²) in [6.45, 7) is 0. The molecule has 0 aliphatic carbocycles. The molecule has 0 spiro atoms. The molecular weight excluding hydrogens is 286 g/mol. The molecule has 4 heavy (non-hydrogen) atoms. The summed E-state index contributed by atoms with van der Waals surface area (Å²) in [7, 11) is 0. The molecule has 0 radical (unpaired) electrons. The fourth-order valence-electron chi connectivity index (χ4n) is 0. The van der Waals surface area contributed by atoms with Crippen molar-refractivity contribution in [3.8, 4) is 0 Å². The van der Waals surface area contributed by atoms with Crippen molar-refractivity contribution in [1.29, 1.82) is 0 Å². The molecule has 0 N–H and O–H groups in total. The summed E-state index contributed by atoms with van der Waals surface area (Å²) in [4.78, 5) is 0. The van der Waals surface area contributed by atoms with Gasteiger partial charge in [0, 0.05) is 0 Å². The lowest BCUT2D eigenvalue weighted by Crippen LogP contribution is -0.917. The van der Waals surface area contributed by atoms with Gasteiger partial charge in [0.2, 0.25) is 0 Å². The molecule has 0 aromatic heterocycles.